The molecule has 1 rings (SSSR count). The van der Waals surface area contributed by atoms with Gasteiger partial charge >= 0.3 is 5.97 Å². The van der Waals surface area contributed by atoms with Crippen molar-refractivity contribution in [3.63, 3.8) is 0 Å². The number of hydrogen-bond donors (Lipinski definition) is 2. The van der Waals surface area contributed by atoms with Gasteiger partial charge in [0.2, 0.25) is 5.91 Å². The number of hydrogen-bond acceptors (Lipinski definition) is 3. The molecule has 0 bridgehead atoms. The summed E-state index contributed by atoms with van der Waals surface area (Å²) >= 11 is 0. The van der Waals surface area contributed by atoms with Gasteiger partial charge in [-0.25, -0.2) is 4.79 Å². The average molecular weight is 279 g/mol. The molecule has 0 unspecified atom stereocenters. The van der Waals surface area contributed by atoms with Gasteiger partial charge in [0.15, 0.2) is 0 Å². The Balaban J connectivity index is 2.14. The highest BCUT2D eigenvalue weighted by molar-refractivity contribution is 5.76. The molecule has 0 heterocycles. The predicted molar refractivity (Wildman–Crippen MR) is 75.6 cm³/mol. The van der Waals surface area contributed by atoms with Crippen LogP contribution in [0.15, 0.2) is 24.3 Å². The highest BCUT2D eigenvalue weighted by Crippen LogP contribution is 2.07. The SMILES string of the molecule is CCc1ccc(CCC(=O)NCCOCC(=O)O)cc1. The summed E-state index contributed by atoms with van der Waals surface area (Å²) in [6, 6.07) is 8.24. The first-order valence-corrected chi connectivity index (χ1v) is 6.76. The molecule has 0 spiro atoms. The maximum atomic E-state index is 11.6. The lowest BCUT2D eigenvalue weighted by molar-refractivity contribution is -0.142. The lowest BCUT2D eigenvalue weighted by Gasteiger charge is -2.06. The molecule has 1 aromatic rings. The fourth-order valence-electron chi connectivity index (χ4n) is 1.71. The topological polar surface area (TPSA) is 75.6 Å². The number of aryl methyl sites for hydroxylation is 2. The van der Waals surface area contributed by atoms with Crippen LogP contribution in [0, 0.1) is 0 Å². The molecule has 0 aliphatic rings. The Hall–Kier alpha value is -1.88. The van der Waals surface area contributed by atoms with Gasteiger partial charge in [-0.3, -0.25) is 4.79 Å². The molecule has 20 heavy (non-hydrogen) atoms. The van der Waals surface area contributed by atoms with Gasteiger partial charge in [-0.1, -0.05) is 31.2 Å². The molecule has 5 heteroatoms. The second kappa shape index (κ2) is 9.09. The van der Waals surface area contributed by atoms with E-state index in [1.165, 1.54) is 5.56 Å². The van der Waals surface area contributed by atoms with E-state index < -0.39 is 5.97 Å². The van der Waals surface area contributed by atoms with Crippen LogP contribution in [0.3, 0.4) is 0 Å². The van der Waals surface area contributed by atoms with Crippen LogP contribution >= 0.6 is 0 Å². The summed E-state index contributed by atoms with van der Waals surface area (Å²) in [5, 5.41) is 11.0. The smallest absolute Gasteiger partial charge is 0.329 e. The van der Waals surface area contributed by atoms with Crippen molar-refractivity contribution in [3.8, 4) is 0 Å². The third kappa shape index (κ3) is 6.89. The molecule has 2 N–H and O–H groups in total. The van der Waals surface area contributed by atoms with Crippen LogP contribution in [0.2, 0.25) is 0 Å². The highest BCUT2D eigenvalue weighted by Gasteiger charge is 2.02. The van der Waals surface area contributed by atoms with Crippen LogP contribution in [0.25, 0.3) is 0 Å². The number of nitrogens with one attached hydrogen (secondary N) is 1. The van der Waals surface area contributed by atoms with Crippen molar-refractivity contribution < 1.29 is 19.4 Å². The van der Waals surface area contributed by atoms with Crippen molar-refractivity contribution in [2.24, 2.45) is 0 Å². The first-order valence-electron chi connectivity index (χ1n) is 6.76. The van der Waals surface area contributed by atoms with Crippen molar-refractivity contribution in [2.45, 2.75) is 26.2 Å². The van der Waals surface area contributed by atoms with Crippen LogP contribution in [-0.2, 0) is 27.2 Å². The molecule has 5 nitrogen and oxygen atoms in total. The third-order valence-corrected chi connectivity index (χ3v) is 2.87. The fraction of sp³-hybridized carbons (Fsp3) is 0.467. The van der Waals surface area contributed by atoms with E-state index in [4.69, 9.17) is 9.84 Å². The van der Waals surface area contributed by atoms with Crippen molar-refractivity contribution in [1.29, 1.82) is 0 Å². The van der Waals surface area contributed by atoms with Gasteiger partial charge in [0.25, 0.3) is 0 Å². The lowest BCUT2D eigenvalue weighted by Crippen LogP contribution is -2.28. The molecule has 0 saturated heterocycles. The first kappa shape index (κ1) is 16.2. The molecule has 110 valence electrons. The van der Waals surface area contributed by atoms with E-state index in [1.807, 2.05) is 12.1 Å². The van der Waals surface area contributed by atoms with E-state index in [-0.39, 0.29) is 19.1 Å². The summed E-state index contributed by atoms with van der Waals surface area (Å²) in [6.45, 7) is 2.32. The van der Waals surface area contributed by atoms with E-state index in [0.717, 1.165) is 12.0 Å². The van der Waals surface area contributed by atoms with Crippen molar-refractivity contribution >= 4 is 11.9 Å². The van der Waals surface area contributed by atoms with Crippen LogP contribution < -0.4 is 5.32 Å². The van der Waals surface area contributed by atoms with Gasteiger partial charge in [-0.05, 0) is 24.0 Å². The lowest BCUT2D eigenvalue weighted by atomic mass is 10.1. The number of carbonyl (C=O) groups excluding carboxylic acids is 1. The van der Waals surface area contributed by atoms with Gasteiger partial charge in [-0.2, -0.15) is 0 Å². The van der Waals surface area contributed by atoms with E-state index in [1.54, 1.807) is 0 Å². The normalized spacial score (nSPS) is 10.2. The predicted octanol–water partition coefficient (Wildman–Crippen LogP) is 1.40. The number of benzene rings is 1. The Kier molecular flexibility index (Phi) is 7.35. The first-order chi connectivity index (χ1) is 9.61. The molecule has 1 amide bonds. The molecule has 0 fully saturated rings. The number of rotatable bonds is 9. The Labute approximate surface area is 118 Å². The van der Waals surface area contributed by atoms with Crippen molar-refractivity contribution in [1.82, 2.24) is 5.32 Å². The monoisotopic (exact) mass is 279 g/mol. The van der Waals surface area contributed by atoms with E-state index in [9.17, 15) is 9.59 Å². The molecule has 0 aliphatic carbocycles. The maximum Gasteiger partial charge on any atom is 0.329 e. The zero-order valence-electron chi connectivity index (χ0n) is 11.7. The summed E-state index contributed by atoms with van der Waals surface area (Å²) < 4.78 is 4.82. The Bertz CT molecular complexity index is 428. The van der Waals surface area contributed by atoms with Crippen LogP contribution in [0.1, 0.15) is 24.5 Å². The number of ether oxygens (including phenoxy) is 1. The van der Waals surface area contributed by atoms with Crippen LogP contribution in [0.5, 0.6) is 0 Å². The van der Waals surface area contributed by atoms with Gasteiger partial charge in [0, 0.05) is 13.0 Å². The average Bonchev–Trinajstić information content (AvgIpc) is 2.45. The van der Waals surface area contributed by atoms with Crippen molar-refractivity contribution in [2.75, 3.05) is 19.8 Å². The van der Waals surface area contributed by atoms with E-state index in [2.05, 4.69) is 24.4 Å². The zero-order chi connectivity index (χ0) is 14.8. The van der Waals surface area contributed by atoms with Gasteiger partial charge in [0.05, 0.1) is 6.61 Å². The molecule has 0 saturated carbocycles. The summed E-state index contributed by atoms with van der Waals surface area (Å²) in [5.41, 5.74) is 2.42. The number of amides is 1. The maximum absolute atomic E-state index is 11.6. The molecular weight excluding hydrogens is 258 g/mol. The molecule has 0 radical (unpaired) electrons. The number of aliphatic carboxylic acids is 1. The summed E-state index contributed by atoms with van der Waals surface area (Å²) in [6.07, 6.45) is 2.13. The molecule has 0 aromatic heterocycles. The third-order valence-electron chi connectivity index (χ3n) is 2.87. The summed E-state index contributed by atoms with van der Waals surface area (Å²) in [7, 11) is 0. The van der Waals surface area contributed by atoms with Crippen LogP contribution in [-0.4, -0.2) is 36.7 Å². The Morgan fingerprint density at radius 1 is 1.20 bits per heavy atom. The van der Waals surface area contributed by atoms with Gasteiger partial charge in [-0.15, -0.1) is 0 Å². The molecular formula is C15H21NO4. The Morgan fingerprint density at radius 3 is 2.45 bits per heavy atom. The molecule has 1 aromatic carbocycles. The minimum absolute atomic E-state index is 0.0523. The summed E-state index contributed by atoms with van der Waals surface area (Å²) in [4.78, 5) is 21.7. The molecule has 0 atom stereocenters. The minimum atomic E-state index is -1.01. The van der Waals surface area contributed by atoms with E-state index in [0.29, 0.717) is 19.4 Å². The zero-order valence-corrected chi connectivity index (χ0v) is 11.7. The quantitative estimate of drug-likeness (QED) is 0.670. The number of carboxylic acid groups (broad SMARTS) is 1. The second-order valence-corrected chi connectivity index (χ2v) is 4.47. The number of carboxylic acids is 1. The second-order valence-electron chi connectivity index (χ2n) is 4.47. The molecule has 0 aliphatic heterocycles. The fourth-order valence-corrected chi connectivity index (χ4v) is 1.71. The standard InChI is InChI=1S/C15H21NO4/c1-2-12-3-5-13(6-4-12)7-8-14(17)16-9-10-20-11-15(18)19/h3-6H,2,7-11H2,1H3,(H,16,17)(H,18,19). The van der Waals surface area contributed by atoms with Gasteiger partial charge < -0.3 is 15.2 Å². The minimum Gasteiger partial charge on any atom is -0.480 e. The van der Waals surface area contributed by atoms with Crippen LogP contribution in [0.4, 0.5) is 0 Å². The van der Waals surface area contributed by atoms with Crippen molar-refractivity contribution in [3.05, 3.63) is 35.4 Å². The van der Waals surface area contributed by atoms with Gasteiger partial charge in [0.1, 0.15) is 6.61 Å². The number of carbonyl (C=O) groups is 2. The summed E-state index contributed by atoms with van der Waals surface area (Å²) in [5.74, 6) is -1.06. The largest absolute Gasteiger partial charge is 0.480 e. The van der Waals surface area contributed by atoms with E-state index >= 15 is 0 Å². The Morgan fingerprint density at radius 2 is 1.85 bits per heavy atom. The highest BCUT2D eigenvalue weighted by atomic mass is 16.5.